The molecule has 1 aliphatic rings. The molecular formula is C15H18ClN3S. The van der Waals surface area contributed by atoms with Crippen LogP contribution in [0.15, 0.2) is 24.5 Å². The van der Waals surface area contributed by atoms with E-state index in [1.807, 2.05) is 32.6 Å². The van der Waals surface area contributed by atoms with Crippen LogP contribution < -0.4 is 10.2 Å². The van der Waals surface area contributed by atoms with Gasteiger partial charge in [-0.1, -0.05) is 11.6 Å². The number of nitrogens with one attached hydrogen (secondary N) is 1. The molecule has 3 rings (SSSR count). The zero-order chi connectivity index (χ0) is 14.1. The van der Waals surface area contributed by atoms with Crippen LogP contribution in [-0.4, -0.2) is 19.1 Å². The fraction of sp³-hybridized carbons (Fsp3) is 0.400. The molecule has 0 spiro atoms. The minimum atomic E-state index is 0.338. The molecule has 0 saturated carbocycles. The fourth-order valence-corrected chi connectivity index (χ4v) is 4.13. The number of hydrogen-bond acceptors (Lipinski definition) is 4. The van der Waals surface area contributed by atoms with Crippen LogP contribution in [0.5, 0.6) is 0 Å². The summed E-state index contributed by atoms with van der Waals surface area (Å²) in [6, 6.07) is 4.49. The van der Waals surface area contributed by atoms with E-state index in [0.717, 1.165) is 28.6 Å². The Morgan fingerprint density at radius 3 is 3.10 bits per heavy atom. The van der Waals surface area contributed by atoms with Gasteiger partial charge in [0.05, 0.1) is 27.9 Å². The second kappa shape index (κ2) is 5.62. The fourth-order valence-electron chi connectivity index (χ4n) is 2.75. The van der Waals surface area contributed by atoms with Crippen LogP contribution in [0.3, 0.4) is 0 Å². The largest absolute Gasteiger partial charge is 0.376 e. The first kappa shape index (κ1) is 13.7. The summed E-state index contributed by atoms with van der Waals surface area (Å²) in [5.74, 6) is 0. The van der Waals surface area contributed by atoms with Crippen molar-refractivity contribution >= 4 is 34.3 Å². The van der Waals surface area contributed by atoms with Crippen molar-refractivity contribution in [1.29, 1.82) is 0 Å². The second-order valence-electron chi connectivity index (χ2n) is 5.31. The third kappa shape index (κ3) is 2.63. The van der Waals surface area contributed by atoms with Gasteiger partial charge in [0.15, 0.2) is 0 Å². The van der Waals surface area contributed by atoms with Crippen LogP contribution in [0.1, 0.15) is 29.3 Å². The number of fused-ring (bicyclic) bond motifs is 1. The Morgan fingerprint density at radius 1 is 1.45 bits per heavy atom. The predicted octanol–water partition coefficient (Wildman–Crippen LogP) is 4.35. The monoisotopic (exact) mass is 307 g/mol. The smallest absolute Gasteiger partial charge is 0.0934 e. The van der Waals surface area contributed by atoms with Crippen molar-refractivity contribution in [2.24, 2.45) is 0 Å². The van der Waals surface area contributed by atoms with Gasteiger partial charge in [-0.3, -0.25) is 4.98 Å². The maximum absolute atomic E-state index is 6.17. The number of halogens is 1. The number of rotatable bonds is 3. The van der Waals surface area contributed by atoms with Crippen molar-refractivity contribution in [2.75, 3.05) is 24.3 Å². The van der Waals surface area contributed by atoms with Gasteiger partial charge in [-0.15, -0.1) is 11.3 Å². The Morgan fingerprint density at radius 2 is 2.30 bits per heavy atom. The lowest BCUT2D eigenvalue weighted by Crippen LogP contribution is -2.18. The van der Waals surface area contributed by atoms with Crippen LogP contribution in [0, 0.1) is 0 Å². The van der Waals surface area contributed by atoms with Crippen molar-refractivity contribution in [3.05, 3.63) is 39.3 Å². The molecule has 20 heavy (non-hydrogen) atoms. The molecular weight excluding hydrogens is 290 g/mol. The highest BCUT2D eigenvalue weighted by Crippen LogP contribution is 2.40. The minimum Gasteiger partial charge on any atom is -0.376 e. The molecule has 2 aromatic heterocycles. The van der Waals surface area contributed by atoms with E-state index >= 15 is 0 Å². The standard InChI is InChI=1S/C15H18ClN3S/c1-19(2)13-6-7-17-9-12(13)18-11-4-3-5-14-10(11)8-15(16)20-14/h6-9,11,18H,3-5H2,1-2H3. The van der Waals surface area contributed by atoms with Crippen molar-refractivity contribution < 1.29 is 0 Å². The Kier molecular flexibility index (Phi) is 3.85. The Balaban J connectivity index is 1.89. The van der Waals surface area contributed by atoms with Gasteiger partial charge in [-0.2, -0.15) is 0 Å². The van der Waals surface area contributed by atoms with E-state index in [1.165, 1.54) is 16.9 Å². The summed E-state index contributed by atoms with van der Waals surface area (Å²) in [4.78, 5) is 7.77. The molecule has 0 bridgehead atoms. The molecule has 0 fully saturated rings. The average molecular weight is 308 g/mol. The normalized spacial score (nSPS) is 17.6. The highest BCUT2D eigenvalue weighted by molar-refractivity contribution is 7.16. The van der Waals surface area contributed by atoms with Gasteiger partial charge in [0.25, 0.3) is 0 Å². The summed E-state index contributed by atoms with van der Waals surface area (Å²) in [5.41, 5.74) is 3.60. The van der Waals surface area contributed by atoms with E-state index in [4.69, 9.17) is 11.6 Å². The molecule has 2 heterocycles. The van der Waals surface area contributed by atoms with Gasteiger partial charge in [0, 0.05) is 25.2 Å². The number of aromatic nitrogens is 1. The first-order valence-corrected chi connectivity index (χ1v) is 8.00. The third-order valence-electron chi connectivity index (χ3n) is 3.69. The molecule has 1 N–H and O–H groups in total. The molecule has 3 nitrogen and oxygen atoms in total. The maximum Gasteiger partial charge on any atom is 0.0934 e. The van der Waals surface area contributed by atoms with Crippen molar-refractivity contribution in [1.82, 2.24) is 4.98 Å². The minimum absolute atomic E-state index is 0.338. The van der Waals surface area contributed by atoms with Crippen LogP contribution in [0.2, 0.25) is 4.34 Å². The van der Waals surface area contributed by atoms with Crippen LogP contribution in [0.25, 0.3) is 0 Å². The Hall–Kier alpha value is -1.26. The zero-order valence-corrected chi connectivity index (χ0v) is 13.3. The summed E-state index contributed by atoms with van der Waals surface area (Å²) in [5, 5.41) is 3.64. The maximum atomic E-state index is 6.17. The molecule has 1 atom stereocenters. The highest BCUT2D eigenvalue weighted by Gasteiger charge is 2.23. The number of pyridine rings is 1. The second-order valence-corrected chi connectivity index (χ2v) is 7.07. The molecule has 0 amide bonds. The van der Waals surface area contributed by atoms with E-state index in [9.17, 15) is 0 Å². The van der Waals surface area contributed by atoms with E-state index in [1.54, 1.807) is 11.3 Å². The van der Waals surface area contributed by atoms with Crippen LogP contribution in [-0.2, 0) is 6.42 Å². The lowest BCUT2D eigenvalue weighted by atomic mass is 9.94. The van der Waals surface area contributed by atoms with Crippen molar-refractivity contribution in [2.45, 2.75) is 25.3 Å². The van der Waals surface area contributed by atoms with Gasteiger partial charge in [0.2, 0.25) is 0 Å². The SMILES string of the molecule is CN(C)c1ccncc1NC1CCCc2sc(Cl)cc21. The van der Waals surface area contributed by atoms with E-state index in [0.29, 0.717) is 6.04 Å². The molecule has 0 aromatic carbocycles. The quantitative estimate of drug-likeness (QED) is 0.913. The van der Waals surface area contributed by atoms with Crippen molar-refractivity contribution in [3.8, 4) is 0 Å². The topological polar surface area (TPSA) is 28.2 Å². The summed E-state index contributed by atoms with van der Waals surface area (Å²) in [6.45, 7) is 0. The summed E-state index contributed by atoms with van der Waals surface area (Å²) in [6.07, 6.45) is 7.23. The van der Waals surface area contributed by atoms with Gasteiger partial charge < -0.3 is 10.2 Å². The molecule has 5 heteroatoms. The molecule has 1 unspecified atom stereocenters. The van der Waals surface area contributed by atoms with Gasteiger partial charge >= 0.3 is 0 Å². The van der Waals surface area contributed by atoms with Gasteiger partial charge in [0.1, 0.15) is 0 Å². The first-order chi connectivity index (χ1) is 9.65. The summed E-state index contributed by atoms with van der Waals surface area (Å²) < 4.78 is 0.891. The number of nitrogens with zero attached hydrogens (tertiary/aromatic N) is 2. The Labute approximate surface area is 128 Å². The molecule has 0 radical (unpaired) electrons. The highest BCUT2D eigenvalue weighted by atomic mass is 35.5. The van der Waals surface area contributed by atoms with Gasteiger partial charge in [-0.05, 0) is 37.0 Å². The molecule has 0 aliphatic heterocycles. The van der Waals surface area contributed by atoms with Crippen molar-refractivity contribution in [3.63, 3.8) is 0 Å². The molecule has 0 saturated heterocycles. The lowest BCUT2D eigenvalue weighted by Gasteiger charge is -2.27. The molecule has 1 aliphatic carbocycles. The summed E-state index contributed by atoms with van der Waals surface area (Å²) in [7, 11) is 4.10. The van der Waals surface area contributed by atoms with Gasteiger partial charge in [-0.25, -0.2) is 0 Å². The van der Waals surface area contributed by atoms with E-state index in [-0.39, 0.29) is 0 Å². The molecule has 2 aromatic rings. The lowest BCUT2D eigenvalue weighted by molar-refractivity contribution is 0.608. The third-order valence-corrected chi connectivity index (χ3v) is 5.03. The van der Waals surface area contributed by atoms with E-state index < -0.39 is 0 Å². The number of anilines is 2. The predicted molar refractivity (Wildman–Crippen MR) is 87.2 cm³/mol. The molecule has 106 valence electrons. The number of aryl methyl sites for hydroxylation is 1. The average Bonchev–Trinajstić information content (AvgIpc) is 2.80. The van der Waals surface area contributed by atoms with E-state index in [2.05, 4.69) is 21.3 Å². The number of hydrogen-bond donors (Lipinski definition) is 1. The zero-order valence-electron chi connectivity index (χ0n) is 11.7. The van der Waals surface area contributed by atoms with Crippen LogP contribution in [0.4, 0.5) is 11.4 Å². The first-order valence-electron chi connectivity index (χ1n) is 6.81. The Bertz CT molecular complexity index is 609. The number of thiophene rings is 1. The van der Waals surface area contributed by atoms with Crippen LogP contribution >= 0.6 is 22.9 Å². The summed E-state index contributed by atoms with van der Waals surface area (Å²) >= 11 is 7.89.